The molecule has 0 saturated heterocycles. The Bertz CT molecular complexity index is 1220. The Balaban J connectivity index is 1.78. The smallest absolute Gasteiger partial charge is 0.255 e. The maximum Gasteiger partial charge on any atom is 0.266 e. The average molecular weight is 376 g/mol. The van der Waals surface area contributed by atoms with Gasteiger partial charge in [-0.25, -0.2) is 22.2 Å². The van der Waals surface area contributed by atoms with Crippen LogP contribution in [0.2, 0.25) is 0 Å². The summed E-state index contributed by atoms with van der Waals surface area (Å²) in [6, 6.07) is 13.7. The number of hydrogen-bond acceptors (Lipinski definition) is 4. The van der Waals surface area contributed by atoms with E-state index in [1.807, 2.05) is 36.4 Å². The lowest BCUT2D eigenvalue weighted by Crippen LogP contribution is -2.14. The van der Waals surface area contributed by atoms with Crippen LogP contribution >= 0.6 is 11.3 Å². The third-order valence-corrected chi connectivity index (χ3v) is 6.13. The standard InChI is InChI=1S/C17H10F2N2O2S2/c18-11-6-8-15(13(19)9-11)25(22,23)21-17-20-16-12-4-2-1-3-10(12)5-7-14(16)24-17/h1-9H,(H,20,21). The van der Waals surface area contributed by atoms with E-state index in [0.29, 0.717) is 11.6 Å². The molecular weight excluding hydrogens is 366 g/mol. The van der Waals surface area contributed by atoms with E-state index in [4.69, 9.17) is 0 Å². The van der Waals surface area contributed by atoms with Gasteiger partial charge in [0.2, 0.25) is 0 Å². The normalized spacial score (nSPS) is 11.9. The van der Waals surface area contributed by atoms with Crippen molar-refractivity contribution in [3.63, 3.8) is 0 Å². The van der Waals surface area contributed by atoms with Gasteiger partial charge < -0.3 is 0 Å². The topological polar surface area (TPSA) is 59.1 Å². The Morgan fingerprint density at radius 2 is 1.80 bits per heavy atom. The highest BCUT2D eigenvalue weighted by Gasteiger charge is 2.21. The predicted molar refractivity (Wildman–Crippen MR) is 94.3 cm³/mol. The summed E-state index contributed by atoms with van der Waals surface area (Å²) in [5.74, 6) is -2.00. The molecule has 0 spiro atoms. The number of thiazole rings is 1. The van der Waals surface area contributed by atoms with Gasteiger partial charge in [-0.15, -0.1) is 0 Å². The number of sulfonamides is 1. The molecule has 0 radical (unpaired) electrons. The summed E-state index contributed by atoms with van der Waals surface area (Å²) in [4.78, 5) is 3.70. The Kier molecular flexibility index (Phi) is 3.66. The van der Waals surface area contributed by atoms with Crippen LogP contribution in [0, 0.1) is 11.6 Å². The number of anilines is 1. The van der Waals surface area contributed by atoms with Crippen molar-refractivity contribution in [3.05, 3.63) is 66.2 Å². The van der Waals surface area contributed by atoms with Crippen LogP contribution in [0.5, 0.6) is 0 Å². The van der Waals surface area contributed by atoms with Crippen LogP contribution in [-0.2, 0) is 10.0 Å². The second kappa shape index (κ2) is 5.75. The summed E-state index contributed by atoms with van der Waals surface area (Å²) in [7, 11) is -4.21. The van der Waals surface area contributed by atoms with Crippen molar-refractivity contribution in [2.24, 2.45) is 0 Å². The highest BCUT2D eigenvalue weighted by molar-refractivity contribution is 7.93. The molecule has 1 N–H and O–H groups in total. The van der Waals surface area contributed by atoms with Gasteiger partial charge in [0, 0.05) is 11.5 Å². The summed E-state index contributed by atoms with van der Waals surface area (Å²) >= 11 is 1.14. The summed E-state index contributed by atoms with van der Waals surface area (Å²) in [6.45, 7) is 0. The van der Waals surface area contributed by atoms with Gasteiger partial charge in [0.15, 0.2) is 5.13 Å². The number of nitrogens with one attached hydrogen (secondary N) is 1. The highest BCUT2D eigenvalue weighted by atomic mass is 32.2. The van der Waals surface area contributed by atoms with Crippen molar-refractivity contribution in [2.45, 2.75) is 4.90 Å². The maximum atomic E-state index is 13.8. The summed E-state index contributed by atoms with van der Waals surface area (Å²) in [5.41, 5.74) is 0.667. The zero-order valence-corrected chi connectivity index (χ0v) is 14.2. The first-order valence-electron chi connectivity index (χ1n) is 7.20. The molecule has 25 heavy (non-hydrogen) atoms. The SMILES string of the molecule is O=S(=O)(Nc1nc2c(ccc3ccccc32)s1)c1ccc(F)cc1F. The second-order valence-corrected chi connectivity index (χ2v) is 8.01. The number of rotatable bonds is 3. The molecule has 4 aromatic rings. The van der Waals surface area contributed by atoms with Crippen LogP contribution in [0.3, 0.4) is 0 Å². The minimum Gasteiger partial charge on any atom is -0.255 e. The molecule has 0 aliphatic heterocycles. The molecule has 0 fully saturated rings. The summed E-state index contributed by atoms with van der Waals surface area (Å²) in [6.07, 6.45) is 0. The third-order valence-electron chi connectivity index (χ3n) is 3.69. The molecule has 0 amide bonds. The van der Waals surface area contributed by atoms with Crippen molar-refractivity contribution in [2.75, 3.05) is 4.72 Å². The molecule has 0 bridgehead atoms. The van der Waals surface area contributed by atoms with E-state index in [-0.39, 0.29) is 5.13 Å². The fraction of sp³-hybridized carbons (Fsp3) is 0. The van der Waals surface area contributed by atoms with E-state index in [1.54, 1.807) is 0 Å². The molecule has 126 valence electrons. The van der Waals surface area contributed by atoms with Gasteiger partial charge in [-0.1, -0.05) is 41.7 Å². The van der Waals surface area contributed by atoms with E-state index >= 15 is 0 Å². The maximum absolute atomic E-state index is 13.8. The number of hydrogen-bond donors (Lipinski definition) is 1. The lowest BCUT2D eigenvalue weighted by Gasteiger charge is -2.05. The summed E-state index contributed by atoms with van der Waals surface area (Å²) < 4.78 is 54.6. The molecule has 4 nitrogen and oxygen atoms in total. The number of benzene rings is 3. The van der Waals surface area contributed by atoms with Gasteiger partial charge in [-0.2, -0.15) is 0 Å². The third kappa shape index (κ3) is 2.83. The number of fused-ring (bicyclic) bond motifs is 3. The van der Waals surface area contributed by atoms with Crippen LogP contribution < -0.4 is 4.72 Å². The molecule has 0 saturated carbocycles. The van der Waals surface area contributed by atoms with Gasteiger partial charge in [-0.05, 0) is 23.6 Å². The van der Waals surface area contributed by atoms with Crippen LogP contribution in [-0.4, -0.2) is 13.4 Å². The zero-order chi connectivity index (χ0) is 17.6. The second-order valence-electron chi connectivity index (χ2n) is 5.33. The van der Waals surface area contributed by atoms with Crippen LogP contribution in [0.15, 0.2) is 59.5 Å². The fourth-order valence-electron chi connectivity index (χ4n) is 2.57. The largest absolute Gasteiger partial charge is 0.266 e. The number of nitrogens with zero attached hydrogens (tertiary/aromatic N) is 1. The van der Waals surface area contributed by atoms with Crippen molar-refractivity contribution in [3.8, 4) is 0 Å². The molecule has 4 rings (SSSR count). The van der Waals surface area contributed by atoms with Gasteiger partial charge in [0.05, 0.1) is 10.2 Å². The van der Waals surface area contributed by atoms with Gasteiger partial charge in [0.1, 0.15) is 16.5 Å². The number of halogens is 2. The lowest BCUT2D eigenvalue weighted by atomic mass is 10.1. The van der Waals surface area contributed by atoms with Crippen LogP contribution in [0.1, 0.15) is 0 Å². The van der Waals surface area contributed by atoms with Crippen molar-refractivity contribution in [1.29, 1.82) is 0 Å². The van der Waals surface area contributed by atoms with Gasteiger partial charge in [0.25, 0.3) is 10.0 Å². The monoisotopic (exact) mass is 376 g/mol. The van der Waals surface area contributed by atoms with E-state index in [2.05, 4.69) is 9.71 Å². The molecule has 0 aliphatic rings. The molecule has 8 heteroatoms. The molecule has 0 aliphatic carbocycles. The van der Waals surface area contributed by atoms with E-state index in [9.17, 15) is 17.2 Å². The van der Waals surface area contributed by atoms with Crippen molar-refractivity contribution < 1.29 is 17.2 Å². The first kappa shape index (κ1) is 15.9. The van der Waals surface area contributed by atoms with Gasteiger partial charge >= 0.3 is 0 Å². The quantitative estimate of drug-likeness (QED) is 0.572. The van der Waals surface area contributed by atoms with E-state index in [1.165, 1.54) is 0 Å². The van der Waals surface area contributed by atoms with Crippen molar-refractivity contribution >= 4 is 47.5 Å². The minimum absolute atomic E-state index is 0.120. The minimum atomic E-state index is -4.21. The molecule has 0 unspecified atom stereocenters. The molecule has 1 aromatic heterocycles. The first-order chi connectivity index (χ1) is 11.9. The fourth-order valence-corrected chi connectivity index (χ4v) is 4.75. The Morgan fingerprint density at radius 3 is 2.60 bits per heavy atom. The van der Waals surface area contributed by atoms with Crippen LogP contribution in [0.25, 0.3) is 21.0 Å². The van der Waals surface area contributed by atoms with Crippen molar-refractivity contribution in [1.82, 2.24) is 4.98 Å². The van der Waals surface area contributed by atoms with Gasteiger partial charge in [-0.3, -0.25) is 4.72 Å². The molecular formula is C17H10F2N2O2S2. The predicted octanol–water partition coefficient (Wildman–Crippen LogP) is 4.53. The molecule has 0 atom stereocenters. The lowest BCUT2D eigenvalue weighted by molar-refractivity contribution is 0.551. The first-order valence-corrected chi connectivity index (χ1v) is 9.50. The molecule has 3 aromatic carbocycles. The van der Waals surface area contributed by atoms with E-state index in [0.717, 1.165) is 38.9 Å². The Morgan fingerprint density at radius 1 is 1.00 bits per heavy atom. The summed E-state index contributed by atoms with van der Waals surface area (Å²) in [5, 5.41) is 2.00. The highest BCUT2D eigenvalue weighted by Crippen LogP contribution is 2.32. The number of aromatic nitrogens is 1. The Labute approximate surface area is 145 Å². The van der Waals surface area contributed by atoms with Crippen LogP contribution in [0.4, 0.5) is 13.9 Å². The zero-order valence-electron chi connectivity index (χ0n) is 12.5. The van der Waals surface area contributed by atoms with E-state index < -0.39 is 26.6 Å². The molecule has 1 heterocycles. The average Bonchev–Trinajstić information content (AvgIpc) is 2.96. The Hall–Kier alpha value is -2.58.